The molecule has 7 nitrogen and oxygen atoms in total. The quantitative estimate of drug-likeness (QED) is 0.740. The van der Waals surface area contributed by atoms with E-state index in [-0.39, 0.29) is 35.2 Å². The van der Waals surface area contributed by atoms with Crippen LogP contribution in [0.15, 0.2) is 47.5 Å². The number of nitrogens with zero attached hydrogens (tertiary/aromatic N) is 2. The van der Waals surface area contributed by atoms with Crippen molar-refractivity contribution in [3.63, 3.8) is 0 Å². The Morgan fingerprint density at radius 3 is 2.74 bits per heavy atom. The molecule has 1 N–H and O–H groups in total. The van der Waals surface area contributed by atoms with Gasteiger partial charge in [-0.05, 0) is 37.6 Å². The summed E-state index contributed by atoms with van der Waals surface area (Å²) >= 11 is 1.31. The summed E-state index contributed by atoms with van der Waals surface area (Å²) in [5.41, 5.74) is 3.69. The summed E-state index contributed by atoms with van der Waals surface area (Å²) in [4.78, 5) is 19.2. The van der Waals surface area contributed by atoms with Crippen molar-refractivity contribution in [3.8, 4) is 5.75 Å². The first-order valence-corrected chi connectivity index (χ1v) is 12.8. The van der Waals surface area contributed by atoms with E-state index in [2.05, 4.69) is 10.3 Å². The average molecular weight is 460 g/mol. The van der Waals surface area contributed by atoms with Crippen LogP contribution in [0.3, 0.4) is 0 Å². The van der Waals surface area contributed by atoms with E-state index in [4.69, 9.17) is 4.74 Å². The number of carbonyl (C=O) groups excluding carboxylic acids is 1. The molecular weight excluding hydrogens is 434 g/mol. The maximum absolute atomic E-state index is 12.6. The molecule has 2 aromatic carbocycles. The standard InChI is InChI=1S/C22H25N3O4S2/c1-14-8-9-16(15(2)10-14)23-21(26)11-30-22-24-17-12-31(27,28)13-19(17)25(22)18-6-4-5-7-20(18)29-3/h4-10,17,19H,11-13H2,1-3H3,(H,23,26)/t17-,19-/m1/s1. The lowest BCUT2D eigenvalue weighted by Gasteiger charge is -2.27. The number of aliphatic imine (C=N–C) groups is 1. The summed E-state index contributed by atoms with van der Waals surface area (Å²) in [5.74, 6) is 0.745. The Morgan fingerprint density at radius 1 is 1.23 bits per heavy atom. The highest BCUT2D eigenvalue weighted by Gasteiger charge is 2.47. The molecule has 4 rings (SSSR count). The number of benzene rings is 2. The zero-order valence-corrected chi connectivity index (χ0v) is 19.3. The Hall–Kier alpha value is -2.52. The number of rotatable bonds is 5. The number of thioether (sulfide) groups is 1. The van der Waals surface area contributed by atoms with Crippen LogP contribution in [0.25, 0.3) is 0 Å². The average Bonchev–Trinajstić information content (AvgIpc) is 3.19. The van der Waals surface area contributed by atoms with E-state index >= 15 is 0 Å². The lowest BCUT2D eigenvalue weighted by Crippen LogP contribution is -2.39. The van der Waals surface area contributed by atoms with Crippen molar-refractivity contribution < 1.29 is 17.9 Å². The summed E-state index contributed by atoms with van der Waals surface area (Å²) in [6.07, 6.45) is 0. The Bertz CT molecular complexity index is 1150. The highest BCUT2D eigenvalue weighted by Crippen LogP contribution is 2.39. The molecule has 0 aliphatic carbocycles. The van der Waals surface area contributed by atoms with E-state index in [1.165, 1.54) is 11.8 Å². The number of amides is 1. The van der Waals surface area contributed by atoms with Crippen molar-refractivity contribution in [2.45, 2.75) is 25.9 Å². The van der Waals surface area contributed by atoms with Crippen LogP contribution >= 0.6 is 11.8 Å². The van der Waals surface area contributed by atoms with Gasteiger partial charge in [-0.2, -0.15) is 0 Å². The van der Waals surface area contributed by atoms with Gasteiger partial charge in [-0.1, -0.05) is 41.6 Å². The predicted octanol–water partition coefficient (Wildman–Crippen LogP) is 3.03. The van der Waals surface area contributed by atoms with E-state index in [1.807, 2.05) is 61.2 Å². The topological polar surface area (TPSA) is 88.1 Å². The largest absolute Gasteiger partial charge is 0.495 e. The van der Waals surface area contributed by atoms with Gasteiger partial charge in [0.2, 0.25) is 5.91 Å². The molecule has 0 unspecified atom stereocenters. The monoisotopic (exact) mass is 459 g/mol. The molecule has 0 aromatic heterocycles. The second kappa shape index (κ2) is 8.55. The van der Waals surface area contributed by atoms with Gasteiger partial charge in [0.05, 0.1) is 42.1 Å². The van der Waals surface area contributed by atoms with Gasteiger partial charge >= 0.3 is 0 Å². The van der Waals surface area contributed by atoms with Gasteiger partial charge in [-0.25, -0.2) is 8.42 Å². The summed E-state index contributed by atoms with van der Waals surface area (Å²) in [7, 11) is -1.57. The minimum atomic E-state index is -3.15. The van der Waals surface area contributed by atoms with Gasteiger partial charge in [0, 0.05) is 5.69 Å². The molecule has 164 valence electrons. The van der Waals surface area contributed by atoms with E-state index in [9.17, 15) is 13.2 Å². The van der Waals surface area contributed by atoms with Crippen LogP contribution in [-0.4, -0.2) is 55.9 Å². The molecule has 2 aromatic rings. The van der Waals surface area contributed by atoms with Gasteiger partial charge in [-0.3, -0.25) is 9.79 Å². The number of carbonyl (C=O) groups is 1. The number of aryl methyl sites for hydroxylation is 2. The van der Waals surface area contributed by atoms with Crippen LogP contribution < -0.4 is 15.0 Å². The lowest BCUT2D eigenvalue weighted by atomic mass is 10.1. The van der Waals surface area contributed by atoms with E-state index < -0.39 is 9.84 Å². The first-order valence-electron chi connectivity index (χ1n) is 9.98. The van der Waals surface area contributed by atoms with Crippen LogP contribution in [0.5, 0.6) is 5.75 Å². The van der Waals surface area contributed by atoms with Gasteiger partial charge in [-0.15, -0.1) is 0 Å². The van der Waals surface area contributed by atoms with Crippen LogP contribution in [-0.2, 0) is 14.6 Å². The minimum Gasteiger partial charge on any atom is -0.495 e. The molecule has 0 radical (unpaired) electrons. The summed E-state index contributed by atoms with van der Waals surface area (Å²) in [6.45, 7) is 3.97. The molecule has 0 saturated carbocycles. The predicted molar refractivity (Wildman–Crippen MR) is 126 cm³/mol. The van der Waals surface area contributed by atoms with Crippen LogP contribution in [0.4, 0.5) is 11.4 Å². The normalized spacial score (nSPS) is 21.5. The van der Waals surface area contributed by atoms with Gasteiger partial charge in [0.1, 0.15) is 5.75 Å². The minimum absolute atomic E-state index is 0.0299. The molecule has 1 saturated heterocycles. The zero-order valence-electron chi connectivity index (χ0n) is 17.7. The number of fused-ring (bicyclic) bond motifs is 1. The Labute approximate surface area is 186 Å². The maximum atomic E-state index is 12.6. The van der Waals surface area contributed by atoms with Crippen molar-refractivity contribution in [2.75, 3.05) is 34.6 Å². The maximum Gasteiger partial charge on any atom is 0.234 e. The Balaban J connectivity index is 1.53. The molecule has 0 bridgehead atoms. The smallest absolute Gasteiger partial charge is 0.234 e. The van der Waals surface area contributed by atoms with Crippen LogP contribution in [0.2, 0.25) is 0 Å². The van der Waals surface area contributed by atoms with Crippen molar-refractivity contribution in [3.05, 3.63) is 53.6 Å². The number of sulfone groups is 1. The number of methoxy groups -OCH3 is 1. The second-order valence-corrected chi connectivity index (χ2v) is 10.9. The zero-order chi connectivity index (χ0) is 22.2. The van der Waals surface area contributed by atoms with Gasteiger partial charge < -0.3 is 15.0 Å². The van der Waals surface area contributed by atoms with Crippen molar-refractivity contribution in [1.82, 2.24) is 0 Å². The Morgan fingerprint density at radius 2 is 2.00 bits per heavy atom. The summed E-state index contributed by atoms with van der Waals surface area (Å²) in [6, 6.07) is 12.7. The highest BCUT2D eigenvalue weighted by atomic mass is 32.2. The molecular formula is C22H25N3O4S2. The third-order valence-corrected chi connectivity index (χ3v) is 8.11. The third-order valence-electron chi connectivity index (χ3n) is 5.44. The molecule has 31 heavy (non-hydrogen) atoms. The SMILES string of the molecule is COc1ccccc1N1C(SCC(=O)Nc2ccc(C)cc2C)=N[C@@H]2CS(=O)(=O)C[C@H]21. The molecule has 2 aliphatic rings. The van der Waals surface area contributed by atoms with Crippen LogP contribution in [0, 0.1) is 13.8 Å². The number of hydrogen-bond donors (Lipinski definition) is 1. The van der Waals surface area contributed by atoms with Crippen molar-refractivity contribution >= 4 is 44.0 Å². The first kappa shape index (κ1) is 21.7. The second-order valence-electron chi connectivity index (χ2n) is 7.82. The van der Waals surface area contributed by atoms with Crippen molar-refractivity contribution in [1.29, 1.82) is 0 Å². The van der Waals surface area contributed by atoms with E-state index in [1.54, 1.807) is 7.11 Å². The molecule has 9 heteroatoms. The fraction of sp³-hybridized carbons (Fsp3) is 0.364. The fourth-order valence-corrected chi connectivity index (χ4v) is 6.77. The molecule has 1 amide bonds. The molecule has 2 atom stereocenters. The first-order chi connectivity index (χ1) is 14.8. The molecule has 1 fully saturated rings. The Kier molecular flexibility index (Phi) is 5.98. The highest BCUT2D eigenvalue weighted by molar-refractivity contribution is 8.14. The number of ether oxygens (including phenoxy) is 1. The summed E-state index contributed by atoms with van der Waals surface area (Å²) in [5, 5.41) is 3.59. The van der Waals surface area contributed by atoms with Crippen LogP contribution in [0.1, 0.15) is 11.1 Å². The lowest BCUT2D eigenvalue weighted by molar-refractivity contribution is -0.113. The molecule has 2 aliphatic heterocycles. The number of anilines is 2. The number of amidine groups is 1. The van der Waals surface area contributed by atoms with E-state index in [0.717, 1.165) is 22.5 Å². The van der Waals surface area contributed by atoms with Gasteiger partial charge in [0.25, 0.3) is 0 Å². The van der Waals surface area contributed by atoms with Gasteiger partial charge in [0.15, 0.2) is 15.0 Å². The molecule has 0 spiro atoms. The third kappa shape index (κ3) is 4.57. The fourth-order valence-electron chi connectivity index (χ4n) is 4.01. The number of nitrogens with one attached hydrogen (secondary N) is 1. The molecule has 2 heterocycles. The number of hydrogen-bond acceptors (Lipinski definition) is 7. The number of para-hydroxylation sites is 2. The summed E-state index contributed by atoms with van der Waals surface area (Å²) < 4.78 is 29.9. The van der Waals surface area contributed by atoms with Crippen molar-refractivity contribution in [2.24, 2.45) is 4.99 Å². The van der Waals surface area contributed by atoms with E-state index in [0.29, 0.717) is 10.9 Å².